The van der Waals surface area contributed by atoms with E-state index in [1.54, 1.807) is 0 Å². The van der Waals surface area contributed by atoms with Crippen LogP contribution >= 0.6 is 0 Å². The van der Waals surface area contributed by atoms with Crippen molar-refractivity contribution in [2.45, 2.75) is 0 Å². The van der Waals surface area contributed by atoms with Crippen molar-refractivity contribution in [2.75, 3.05) is 0 Å². The highest BCUT2D eigenvalue weighted by Gasteiger charge is 2.11. The molecule has 0 saturated heterocycles. The van der Waals surface area contributed by atoms with Crippen molar-refractivity contribution in [1.82, 2.24) is 9.13 Å². The molecule has 6 heteroatoms. The molecule has 4 nitrogen and oxygen atoms in total. The number of rotatable bonds is 2. The van der Waals surface area contributed by atoms with Gasteiger partial charge in [-0.05, 0) is 48.5 Å². The van der Waals surface area contributed by atoms with Gasteiger partial charge < -0.3 is 24.8 Å². The third-order valence-electron chi connectivity index (χ3n) is 4.33. The normalized spacial score (nSPS) is 10.5. The van der Waals surface area contributed by atoms with Crippen LogP contribution < -0.4 is 33.6 Å². The standard InChI is InChI=1S/C20H16N4.2ClH/c1-3-11-21-15-23(13-19(21)5-1)17-7-9-18(10-8-17)24-14-20-6-2-4-12-22(20)16-24;;/h1-16H;2*1H/q+2;;/p-2. The van der Waals surface area contributed by atoms with Gasteiger partial charge in [-0.15, -0.1) is 0 Å². The van der Waals surface area contributed by atoms with Crippen LogP contribution in [0.5, 0.6) is 0 Å². The number of fused-ring (bicyclic) bond motifs is 2. The van der Waals surface area contributed by atoms with Gasteiger partial charge in [-0.2, -0.15) is 0 Å². The van der Waals surface area contributed by atoms with E-state index in [0.717, 1.165) is 11.4 Å². The summed E-state index contributed by atoms with van der Waals surface area (Å²) in [7, 11) is 0. The molecular weight excluding hydrogens is 367 g/mol. The van der Waals surface area contributed by atoms with Gasteiger partial charge >= 0.3 is 0 Å². The minimum atomic E-state index is 0. The molecule has 0 aliphatic carbocycles. The van der Waals surface area contributed by atoms with Crippen molar-refractivity contribution in [3.8, 4) is 11.4 Å². The second kappa shape index (κ2) is 7.20. The number of halogens is 2. The van der Waals surface area contributed by atoms with Crippen molar-refractivity contribution in [3.05, 3.63) is 98.1 Å². The van der Waals surface area contributed by atoms with Crippen LogP contribution in [-0.4, -0.2) is 9.13 Å². The number of aromatic nitrogens is 4. The predicted octanol–water partition coefficient (Wildman–Crippen LogP) is -3.25. The molecule has 1 aromatic carbocycles. The fourth-order valence-electron chi connectivity index (χ4n) is 3.07. The Balaban J connectivity index is 0.000000980. The lowest BCUT2D eigenvalue weighted by Crippen LogP contribution is -3.00. The summed E-state index contributed by atoms with van der Waals surface area (Å²) in [6, 6.07) is 21.0. The molecule has 0 spiro atoms. The summed E-state index contributed by atoms with van der Waals surface area (Å²) in [5.41, 5.74) is 4.64. The molecule has 0 unspecified atom stereocenters. The molecule has 5 rings (SSSR count). The Bertz CT molecular complexity index is 1000. The summed E-state index contributed by atoms with van der Waals surface area (Å²) in [5, 5.41) is 0. The highest BCUT2D eigenvalue weighted by molar-refractivity contribution is 5.46. The zero-order valence-electron chi connectivity index (χ0n) is 13.8. The first-order valence-electron chi connectivity index (χ1n) is 7.94. The van der Waals surface area contributed by atoms with Crippen LogP contribution in [0.4, 0.5) is 0 Å². The summed E-state index contributed by atoms with van der Waals surface area (Å²) in [6.07, 6.45) is 12.6. The molecule has 0 bridgehead atoms. The average Bonchev–Trinajstić information content (AvgIpc) is 3.25. The van der Waals surface area contributed by atoms with Crippen molar-refractivity contribution < 1.29 is 33.6 Å². The minimum absolute atomic E-state index is 0. The topological polar surface area (TPSA) is 18.1 Å². The third-order valence-corrected chi connectivity index (χ3v) is 4.33. The fourth-order valence-corrected chi connectivity index (χ4v) is 3.07. The van der Waals surface area contributed by atoms with Crippen LogP contribution in [0.1, 0.15) is 0 Å². The minimum Gasteiger partial charge on any atom is -1.00 e. The summed E-state index contributed by atoms with van der Waals surface area (Å²) < 4.78 is 8.51. The van der Waals surface area contributed by atoms with Gasteiger partial charge in [0.1, 0.15) is 23.8 Å². The third kappa shape index (κ3) is 3.05. The number of hydrogen-bond donors (Lipinski definition) is 0. The van der Waals surface area contributed by atoms with Crippen LogP contribution in [0.2, 0.25) is 0 Å². The first-order valence-corrected chi connectivity index (χ1v) is 7.94. The first-order chi connectivity index (χ1) is 11.9. The molecule has 5 aromatic rings. The van der Waals surface area contributed by atoms with Crippen molar-refractivity contribution in [1.29, 1.82) is 0 Å². The molecule has 0 radical (unpaired) electrons. The van der Waals surface area contributed by atoms with E-state index in [2.05, 4.69) is 104 Å². The van der Waals surface area contributed by atoms with Crippen molar-refractivity contribution >= 4 is 11.0 Å². The Morgan fingerprint density at radius 1 is 0.538 bits per heavy atom. The van der Waals surface area contributed by atoms with Crippen LogP contribution in [0.15, 0.2) is 98.1 Å². The fraction of sp³-hybridized carbons (Fsp3) is 0. The van der Waals surface area contributed by atoms with E-state index >= 15 is 0 Å². The van der Waals surface area contributed by atoms with E-state index in [4.69, 9.17) is 0 Å². The second-order valence-electron chi connectivity index (χ2n) is 5.89. The number of pyridine rings is 2. The maximum Gasteiger partial charge on any atom is 0.254 e. The van der Waals surface area contributed by atoms with Gasteiger partial charge in [0.2, 0.25) is 0 Å². The van der Waals surface area contributed by atoms with Gasteiger partial charge in [0.05, 0.1) is 12.4 Å². The summed E-state index contributed by atoms with van der Waals surface area (Å²) in [6.45, 7) is 0. The molecule has 4 heterocycles. The quantitative estimate of drug-likeness (QED) is 0.285. The van der Waals surface area contributed by atoms with Gasteiger partial charge in [0, 0.05) is 0 Å². The molecule has 0 aliphatic heterocycles. The van der Waals surface area contributed by atoms with Crippen LogP contribution in [0.3, 0.4) is 0 Å². The number of hydrogen-bond acceptors (Lipinski definition) is 0. The lowest BCUT2D eigenvalue weighted by atomic mass is 10.2. The lowest BCUT2D eigenvalue weighted by Gasteiger charge is -1.97. The van der Waals surface area contributed by atoms with Crippen LogP contribution in [0.25, 0.3) is 22.4 Å². The van der Waals surface area contributed by atoms with Crippen LogP contribution in [-0.2, 0) is 0 Å². The molecule has 0 atom stereocenters. The zero-order chi connectivity index (χ0) is 15.9. The van der Waals surface area contributed by atoms with E-state index in [1.165, 1.54) is 11.0 Å². The molecule has 0 amide bonds. The van der Waals surface area contributed by atoms with Gasteiger partial charge in [-0.1, -0.05) is 12.1 Å². The molecule has 0 saturated carbocycles. The number of benzene rings is 1. The summed E-state index contributed by atoms with van der Waals surface area (Å²) >= 11 is 0. The van der Waals surface area contributed by atoms with Gasteiger partial charge in [-0.3, -0.25) is 0 Å². The Kier molecular flexibility index (Phi) is 4.98. The monoisotopic (exact) mass is 382 g/mol. The smallest absolute Gasteiger partial charge is 0.254 e. The Morgan fingerprint density at radius 3 is 1.35 bits per heavy atom. The first kappa shape index (κ1) is 18.0. The molecule has 0 N–H and O–H groups in total. The van der Waals surface area contributed by atoms with Gasteiger partial charge in [0.25, 0.3) is 12.7 Å². The molecule has 130 valence electrons. The molecule has 0 fully saturated rings. The number of imidazole rings is 2. The highest BCUT2D eigenvalue weighted by atomic mass is 35.5. The second-order valence-corrected chi connectivity index (χ2v) is 5.89. The highest BCUT2D eigenvalue weighted by Crippen LogP contribution is 2.14. The maximum absolute atomic E-state index is 2.14. The lowest BCUT2D eigenvalue weighted by molar-refractivity contribution is -0.512. The van der Waals surface area contributed by atoms with E-state index < -0.39 is 0 Å². The molecule has 26 heavy (non-hydrogen) atoms. The summed E-state index contributed by atoms with van der Waals surface area (Å²) in [4.78, 5) is 0. The largest absolute Gasteiger partial charge is 1.00 e. The number of nitrogens with zero attached hydrogens (tertiary/aromatic N) is 4. The Labute approximate surface area is 163 Å². The average molecular weight is 383 g/mol. The van der Waals surface area contributed by atoms with Gasteiger partial charge in [0.15, 0.2) is 11.0 Å². The SMILES string of the molecule is [Cl-].[Cl-].c1cc[n+]2cn(-c3ccc(-n4cc5cccc[n+]5c4)cc3)cc2c1. The summed E-state index contributed by atoms with van der Waals surface area (Å²) in [5.74, 6) is 0. The molecule has 0 aliphatic rings. The Morgan fingerprint density at radius 2 is 0.962 bits per heavy atom. The predicted molar refractivity (Wildman–Crippen MR) is 91.4 cm³/mol. The van der Waals surface area contributed by atoms with Gasteiger partial charge in [-0.25, -0.2) is 17.9 Å². The van der Waals surface area contributed by atoms with E-state index in [9.17, 15) is 0 Å². The maximum atomic E-state index is 2.14. The van der Waals surface area contributed by atoms with E-state index in [-0.39, 0.29) is 24.8 Å². The molecule has 4 aromatic heterocycles. The van der Waals surface area contributed by atoms with Crippen molar-refractivity contribution in [2.24, 2.45) is 0 Å². The zero-order valence-corrected chi connectivity index (χ0v) is 15.3. The van der Waals surface area contributed by atoms with Crippen molar-refractivity contribution in [3.63, 3.8) is 0 Å². The molecular formula is C20H16Cl2N4. The van der Waals surface area contributed by atoms with Crippen LogP contribution in [0, 0.1) is 0 Å². The van der Waals surface area contributed by atoms with E-state index in [0.29, 0.717) is 0 Å². The Hall–Kier alpha value is -2.82. The van der Waals surface area contributed by atoms with E-state index in [1.807, 2.05) is 12.1 Å².